The van der Waals surface area contributed by atoms with Crippen LogP contribution in [0.3, 0.4) is 0 Å². The van der Waals surface area contributed by atoms with Crippen LogP contribution >= 0.6 is 34.2 Å². The van der Waals surface area contributed by atoms with Crippen LogP contribution in [0.4, 0.5) is 5.69 Å². The first-order valence-electron chi connectivity index (χ1n) is 8.73. The molecule has 0 atom stereocenters. The van der Waals surface area contributed by atoms with E-state index in [1.165, 1.54) is 0 Å². The van der Waals surface area contributed by atoms with Crippen molar-refractivity contribution in [2.24, 2.45) is 0 Å². The zero-order valence-corrected chi connectivity index (χ0v) is 17.6. The van der Waals surface area contributed by atoms with Crippen molar-refractivity contribution in [3.05, 3.63) is 38.6 Å². The summed E-state index contributed by atoms with van der Waals surface area (Å²) in [7, 11) is 0. The molecule has 1 aromatic rings. The van der Waals surface area contributed by atoms with Gasteiger partial charge in [0.05, 0.1) is 25.5 Å². The van der Waals surface area contributed by atoms with E-state index in [0.29, 0.717) is 32.0 Å². The molecule has 2 aliphatic rings. The van der Waals surface area contributed by atoms with E-state index in [2.05, 4.69) is 27.5 Å². The maximum atomic E-state index is 13.0. The van der Waals surface area contributed by atoms with Crippen LogP contribution < -0.4 is 4.90 Å². The summed E-state index contributed by atoms with van der Waals surface area (Å²) in [4.78, 5) is 30.9. The first kappa shape index (κ1) is 20.5. The molecule has 3 rings (SSSR count). The zero-order valence-electron chi connectivity index (χ0n) is 14.7. The van der Waals surface area contributed by atoms with Gasteiger partial charge >= 0.3 is 0 Å². The largest absolute Gasteiger partial charge is 0.394 e. The molecule has 146 valence electrons. The van der Waals surface area contributed by atoms with E-state index in [0.717, 1.165) is 28.1 Å². The molecule has 9 heteroatoms. The van der Waals surface area contributed by atoms with Gasteiger partial charge in [-0.1, -0.05) is 23.7 Å². The third-order valence-corrected chi connectivity index (χ3v) is 5.83. The Hall–Kier alpha value is -1.20. The number of benzene rings is 1. The van der Waals surface area contributed by atoms with Gasteiger partial charge in [-0.3, -0.25) is 14.5 Å². The number of aliphatic hydroxyl groups excluding tert-OH is 1. The van der Waals surface area contributed by atoms with Crippen molar-refractivity contribution >= 4 is 51.7 Å². The number of hydrogen-bond donors (Lipinski definition) is 1. The summed E-state index contributed by atoms with van der Waals surface area (Å²) >= 11 is 8.38. The standard InChI is InChI=1S/C18H21ClIN3O4/c19-15-16(22-7-5-21(6-8-22)9-11-27-12-10-24)18(26)23(17(15)25)14-4-2-1-3-13(14)20/h1-4,24H,5-12H2. The lowest BCUT2D eigenvalue weighted by Crippen LogP contribution is -2.48. The Kier molecular flexibility index (Phi) is 7.10. The molecule has 2 amide bonds. The van der Waals surface area contributed by atoms with Crippen LogP contribution in [-0.4, -0.2) is 79.3 Å². The zero-order chi connectivity index (χ0) is 19.4. The summed E-state index contributed by atoms with van der Waals surface area (Å²) in [5.41, 5.74) is 0.846. The number of para-hydroxylation sites is 1. The number of halogens is 2. The van der Waals surface area contributed by atoms with Crippen LogP contribution in [-0.2, 0) is 14.3 Å². The van der Waals surface area contributed by atoms with E-state index in [-0.39, 0.29) is 23.2 Å². The average Bonchev–Trinajstić information content (AvgIpc) is 2.89. The first-order chi connectivity index (χ1) is 13.0. The average molecular weight is 506 g/mol. The molecule has 1 fully saturated rings. The van der Waals surface area contributed by atoms with Gasteiger partial charge < -0.3 is 14.7 Å². The summed E-state index contributed by atoms with van der Waals surface area (Å²) in [5, 5.41) is 8.71. The topological polar surface area (TPSA) is 73.3 Å². The Morgan fingerprint density at radius 1 is 1.07 bits per heavy atom. The summed E-state index contributed by atoms with van der Waals surface area (Å²) in [6.45, 7) is 4.42. The molecule has 1 saturated heterocycles. The molecule has 0 aliphatic carbocycles. The van der Waals surface area contributed by atoms with Crippen molar-refractivity contribution in [1.82, 2.24) is 9.80 Å². The van der Waals surface area contributed by atoms with Crippen LogP contribution in [0.25, 0.3) is 0 Å². The van der Waals surface area contributed by atoms with Gasteiger partial charge in [-0.25, -0.2) is 4.90 Å². The second-order valence-corrected chi connectivity index (χ2v) is 7.76. The van der Waals surface area contributed by atoms with Crippen molar-refractivity contribution in [1.29, 1.82) is 0 Å². The molecule has 0 bridgehead atoms. The van der Waals surface area contributed by atoms with Gasteiger partial charge in [-0.2, -0.15) is 0 Å². The van der Waals surface area contributed by atoms with Gasteiger partial charge in [-0.15, -0.1) is 0 Å². The molecule has 27 heavy (non-hydrogen) atoms. The maximum Gasteiger partial charge on any atom is 0.283 e. The third-order valence-electron chi connectivity index (χ3n) is 4.57. The second-order valence-electron chi connectivity index (χ2n) is 6.22. The number of amides is 2. The van der Waals surface area contributed by atoms with Crippen molar-refractivity contribution in [2.75, 3.05) is 57.4 Å². The van der Waals surface area contributed by atoms with Crippen LogP contribution in [0.15, 0.2) is 35.0 Å². The summed E-state index contributed by atoms with van der Waals surface area (Å²) in [5.74, 6) is -0.838. The number of anilines is 1. The van der Waals surface area contributed by atoms with Crippen molar-refractivity contribution in [3.8, 4) is 0 Å². The van der Waals surface area contributed by atoms with Crippen LogP contribution in [0.2, 0.25) is 0 Å². The smallest absolute Gasteiger partial charge is 0.283 e. The molecule has 2 aliphatic heterocycles. The number of nitrogens with zero attached hydrogens (tertiary/aromatic N) is 3. The number of rotatable bonds is 7. The van der Waals surface area contributed by atoms with Gasteiger partial charge in [0, 0.05) is 36.3 Å². The minimum atomic E-state index is -0.472. The molecular weight excluding hydrogens is 485 g/mol. The lowest BCUT2D eigenvalue weighted by Gasteiger charge is -2.36. The van der Waals surface area contributed by atoms with Gasteiger partial charge in [-0.05, 0) is 34.7 Å². The molecule has 0 spiro atoms. The number of imide groups is 1. The van der Waals surface area contributed by atoms with E-state index in [1.807, 2.05) is 17.0 Å². The number of carbonyl (C=O) groups excluding carboxylic acids is 2. The SMILES string of the molecule is O=C1C(Cl)=C(N2CCN(CCOCCO)CC2)C(=O)N1c1ccccc1I. The Labute approximate surface area is 176 Å². The van der Waals surface area contributed by atoms with Crippen molar-refractivity contribution in [3.63, 3.8) is 0 Å². The lowest BCUT2D eigenvalue weighted by atomic mass is 10.2. The predicted octanol–water partition coefficient (Wildman–Crippen LogP) is 1.24. The van der Waals surface area contributed by atoms with Crippen LogP contribution in [0.1, 0.15) is 0 Å². The summed E-state index contributed by atoms with van der Waals surface area (Å²) in [6, 6.07) is 7.24. The molecule has 1 N–H and O–H groups in total. The molecule has 0 aromatic heterocycles. The second kappa shape index (κ2) is 9.33. The highest BCUT2D eigenvalue weighted by molar-refractivity contribution is 14.1. The Morgan fingerprint density at radius 3 is 2.44 bits per heavy atom. The highest BCUT2D eigenvalue weighted by atomic mass is 127. The number of piperazine rings is 1. The molecule has 1 aromatic carbocycles. The maximum absolute atomic E-state index is 13.0. The fraction of sp³-hybridized carbons (Fsp3) is 0.444. The molecule has 0 unspecified atom stereocenters. The number of carbonyl (C=O) groups is 2. The fourth-order valence-corrected chi connectivity index (χ4v) is 4.09. The molecule has 0 saturated carbocycles. The van der Waals surface area contributed by atoms with Gasteiger partial charge in [0.1, 0.15) is 10.7 Å². The van der Waals surface area contributed by atoms with Gasteiger partial charge in [0.2, 0.25) is 0 Å². The highest BCUT2D eigenvalue weighted by Gasteiger charge is 2.42. The summed E-state index contributed by atoms with van der Waals surface area (Å²) in [6.07, 6.45) is 0. The van der Waals surface area contributed by atoms with E-state index < -0.39 is 5.91 Å². The monoisotopic (exact) mass is 505 g/mol. The highest BCUT2D eigenvalue weighted by Crippen LogP contribution is 2.33. The minimum absolute atomic E-state index is 0.0145. The quantitative estimate of drug-likeness (QED) is 0.342. The number of hydrogen-bond acceptors (Lipinski definition) is 6. The molecular formula is C18H21ClIN3O4. The van der Waals surface area contributed by atoms with E-state index in [1.54, 1.807) is 12.1 Å². The van der Waals surface area contributed by atoms with E-state index >= 15 is 0 Å². The molecule has 7 nitrogen and oxygen atoms in total. The normalized spacial score (nSPS) is 18.8. The number of aliphatic hydroxyl groups is 1. The Bertz CT molecular complexity index is 750. The minimum Gasteiger partial charge on any atom is -0.394 e. The Balaban J connectivity index is 1.65. The molecule has 2 heterocycles. The number of ether oxygens (including phenoxy) is 1. The fourth-order valence-electron chi connectivity index (χ4n) is 3.17. The first-order valence-corrected chi connectivity index (χ1v) is 10.2. The lowest BCUT2D eigenvalue weighted by molar-refractivity contribution is -0.121. The molecule has 0 radical (unpaired) electrons. The predicted molar refractivity (Wildman–Crippen MR) is 110 cm³/mol. The van der Waals surface area contributed by atoms with Crippen LogP contribution in [0.5, 0.6) is 0 Å². The third kappa shape index (κ3) is 4.45. The summed E-state index contributed by atoms with van der Waals surface area (Å²) < 4.78 is 6.11. The van der Waals surface area contributed by atoms with Crippen LogP contribution in [0, 0.1) is 3.57 Å². The van der Waals surface area contributed by atoms with Crippen molar-refractivity contribution < 1.29 is 19.4 Å². The van der Waals surface area contributed by atoms with E-state index in [9.17, 15) is 9.59 Å². The van der Waals surface area contributed by atoms with Gasteiger partial charge in [0.25, 0.3) is 11.8 Å². The van der Waals surface area contributed by atoms with Gasteiger partial charge in [0.15, 0.2) is 0 Å². The Morgan fingerprint density at radius 2 is 1.78 bits per heavy atom. The van der Waals surface area contributed by atoms with Crippen molar-refractivity contribution in [2.45, 2.75) is 0 Å². The van der Waals surface area contributed by atoms with E-state index in [4.69, 9.17) is 21.4 Å².